The molecule has 1 N–H and O–H groups in total. The van der Waals surface area contributed by atoms with Crippen molar-refractivity contribution in [3.63, 3.8) is 0 Å². The van der Waals surface area contributed by atoms with E-state index in [0.29, 0.717) is 0 Å². The third-order valence-electron chi connectivity index (χ3n) is 0.970. The van der Waals surface area contributed by atoms with Crippen molar-refractivity contribution >= 4 is 12.6 Å². The fourth-order valence-corrected chi connectivity index (χ4v) is 0.755. The first-order valence-corrected chi connectivity index (χ1v) is 2.91. The summed E-state index contributed by atoms with van der Waals surface area (Å²) in [6.45, 7) is 1.22. The Morgan fingerprint density at radius 2 is 2.50 bits per heavy atom. The molecule has 1 rings (SSSR count). The summed E-state index contributed by atoms with van der Waals surface area (Å²) in [6, 6.07) is 0.822. The Morgan fingerprint density at radius 3 is 2.67 bits per heavy atom. The predicted octanol–water partition coefficient (Wildman–Crippen LogP) is 0.278. The Kier molecular flexibility index (Phi) is 1.37. The molecule has 0 radical (unpaired) electrons. The molecule has 0 bridgehead atoms. The minimum Gasteiger partial charge on any atom is -0.311 e. The average Bonchev–Trinajstić information content (AvgIpc) is 2.21. The number of nitrogens with one attached hydrogen (secondary N) is 1. The standard InChI is InChI=1S/C4H9NS/c6-2-1-4-3-5-4/h4-6H,1-3H2. The highest BCUT2D eigenvalue weighted by atomic mass is 32.1. The van der Waals surface area contributed by atoms with Gasteiger partial charge in [0.15, 0.2) is 0 Å². The van der Waals surface area contributed by atoms with Gasteiger partial charge in [-0.05, 0) is 12.2 Å². The zero-order chi connectivity index (χ0) is 4.41. The highest BCUT2D eigenvalue weighted by Crippen LogP contribution is 2.01. The highest BCUT2D eigenvalue weighted by molar-refractivity contribution is 7.80. The first kappa shape index (κ1) is 4.47. The van der Waals surface area contributed by atoms with Crippen LogP contribution in [-0.2, 0) is 0 Å². The maximum atomic E-state index is 4.06. The largest absolute Gasteiger partial charge is 0.311 e. The van der Waals surface area contributed by atoms with Crippen LogP contribution in [0.1, 0.15) is 6.42 Å². The third kappa shape index (κ3) is 1.19. The molecule has 6 heavy (non-hydrogen) atoms. The van der Waals surface area contributed by atoms with Crippen LogP contribution in [0.25, 0.3) is 0 Å². The summed E-state index contributed by atoms with van der Waals surface area (Å²) in [5.74, 6) is 1.03. The van der Waals surface area contributed by atoms with E-state index >= 15 is 0 Å². The molecule has 36 valence electrons. The fraction of sp³-hybridized carbons (Fsp3) is 1.00. The summed E-state index contributed by atoms with van der Waals surface area (Å²) in [5, 5.41) is 3.19. The molecular formula is C4H9NS. The van der Waals surface area contributed by atoms with Crippen LogP contribution in [0.15, 0.2) is 0 Å². The lowest BCUT2D eigenvalue weighted by molar-refractivity contribution is 0.907. The molecule has 0 aromatic carbocycles. The molecule has 1 heterocycles. The monoisotopic (exact) mass is 103 g/mol. The van der Waals surface area contributed by atoms with Crippen molar-refractivity contribution < 1.29 is 0 Å². The van der Waals surface area contributed by atoms with Crippen molar-refractivity contribution in [1.29, 1.82) is 0 Å². The van der Waals surface area contributed by atoms with Crippen molar-refractivity contribution in [2.75, 3.05) is 12.3 Å². The van der Waals surface area contributed by atoms with Crippen molar-refractivity contribution in [3.8, 4) is 0 Å². The molecule has 2 heteroatoms. The van der Waals surface area contributed by atoms with Crippen molar-refractivity contribution in [3.05, 3.63) is 0 Å². The van der Waals surface area contributed by atoms with Gasteiger partial charge < -0.3 is 5.32 Å². The molecule has 0 aromatic heterocycles. The van der Waals surface area contributed by atoms with Gasteiger partial charge in [0.05, 0.1) is 0 Å². The van der Waals surface area contributed by atoms with Gasteiger partial charge in [-0.25, -0.2) is 0 Å². The summed E-state index contributed by atoms with van der Waals surface area (Å²) in [5.41, 5.74) is 0. The summed E-state index contributed by atoms with van der Waals surface area (Å²) in [7, 11) is 0. The molecule has 0 saturated carbocycles. The van der Waals surface area contributed by atoms with Crippen LogP contribution < -0.4 is 5.32 Å². The van der Waals surface area contributed by atoms with Gasteiger partial charge in [-0.15, -0.1) is 0 Å². The SMILES string of the molecule is SCCC1CN1. The Bertz CT molecular complexity index is 42.8. The van der Waals surface area contributed by atoms with Crippen LogP contribution in [-0.4, -0.2) is 18.3 Å². The molecule has 0 amide bonds. The Labute approximate surface area is 43.5 Å². The zero-order valence-corrected chi connectivity index (χ0v) is 4.54. The molecular weight excluding hydrogens is 94.1 g/mol. The summed E-state index contributed by atoms with van der Waals surface area (Å²) < 4.78 is 0. The van der Waals surface area contributed by atoms with Gasteiger partial charge >= 0.3 is 0 Å². The first-order chi connectivity index (χ1) is 2.93. The van der Waals surface area contributed by atoms with E-state index in [-0.39, 0.29) is 0 Å². The number of hydrogen-bond acceptors (Lipinski definition) is 2. The normalized spacial score (nSPS) is 30.5. The second kappa shape index (κ2) is 1.85. The number of hydrogen-bond donors (Lipinski definition) is 2. The molecule has 1 fully saturated rings. The van der Waals surface area contributed by atoms with Crippen molar-refractivity contribution in [2.24, 2.45) is 0 Å². The minimum atomic E-state index is 0.822. The van der Waals surface area contributed by atoms with E-state index in [1.165, 1.54) is 13.0 Å². The summed E-state index contributed by atoms with van der Waals surface area (Å²) in [6.07, 6.45) is 1.24. The average molecular weight is 103 g/mol. The van der Waals surface area contributed by atoms with Crippen molar-refractivity contribution in [1.82, 2.24) is 5.32 Å². The summed E-state index contributed by atoms with van der Waals surface area (Å²) in [4.78, 5) is 0. The second-order valence-electron chi connectivity index (χ2n) is 1.62. The lowest BCUT2D eigenvalue weighted by atomic mass is 10.4. The molecule has 0 aromatic rings. The predicted molar refractivity (Wildman–Crippen MR) is 30.3 cm³/mol. The van der Waals surface area contributed by atoms with E-state index in [0.717, 1.165) is 11.8 Å². The van der Waals surface area contributed by atoms with Crippen LogP contribution >= 0.6 is 12.6 Å². The zero-order valence-electron chi connectivity index (χ0n) is 3.65. The van der Waals surface area contributed by atoms with Crippen LogP contribution in [0, 0.1) is 0 Å². The molecule has 1 nitrogen and oxygen atoms in total. The maximum absolute atomic E-state index is 4.06. The van der Waals surface area contributed by atoms with Crippen LogP contribution in [0.2, 0.25) is 0 Å². The quantitative estimate of drug-likeness (QED) is 0.380. The minimum absolute atomic E-state index is 0.822. The van der Waals surface area contributed by atoms with Gasteiger partial charge in [0, 0.05) is 12.6 Å². The van der Waals surface area contributed by atoms with Gasteiger partial charge in [0.25, 0.3) is 0 Å². The summed E-state index contributed by atoms with van der Waals surface area (Å²) >= 11 is 4.06. The molecule has 1 aliphatic heterocycles. The molecule has 0 aliphatic carbocycles. The van der Waals surface area contributed by atoms with Gasteiger partial charge in [0.2, 0.25) is 0 Å². The highest BCUT2D eigenvalue weighted by Gasteiger charge is 2.17. The van der Waals surface area contributed by atoms with Crippen LogP contribution in [0.3, 0.4) is 0 Å². The van der Waals surface area contributed by atoms with E-state index in [4.69, 9.17) is 0 Å². The first-order valence-electron chi connectivity index (χ1n) is 2.27. The molecule has 0 spiro atoms. The van der Waals surface area contributed by atoms with Gasteiger partial charge in [-0.1, -0.05) is 0 Å². The molecule has 1 atom stereocenters. The van der Waals surface area contributed by atoms with E-state index in [1.54, 1.807) is 0 Å². The van der Waals surface area contributed by atoms with Gasteiger partial charge in [-0.2, -0.15) is 12.6 Å². The molecule has 1 unspecified atom stereocenters. The lowest BCUT2D eigenvalue weighted by Gasteiger charge is -1.81. The van der Waals surface area contributed by atoms with Gasteiger partial charge in [-0.3, -0.25) is 0 Å². The molecule has 1 saturated heterocycles. The maximum Gasteiger partial charge on any atom is 0.0201 e. The lowest BCUT2D eigenvalue weighted by Crippen LogP contribution is -1.88. The Hall–Kier alpha value is 0.310. The van der Waals surface area contributed by atoms with E-state index in [9.17, 15) is 0 Å². The van der Waals surface area contributed by atoms with E-state index in [1.807, 2.05) is 0 Å². The van der Waals surface area contributed by atoms with E-state index < -0.39 is 0 Å². The van der Waals surface area contributed by atoms with Crippen molar-refractivity contribution in [2.45, 2.75) is 12.5 Å². The van der Waals surface area contributed by atoms with Crippen LogP contribution in [0.5, 0.6) is 0 Å². The number of rotatable bonds is 2. The van der Waals surface area contributed by atoms with Gasteiger partial charge in [0.1, 0.15) is 0 Å². The smallest absolute Gasteiger partial charge is 0.0201 e. The van der Waals surface area contributed by atoms with Crippen LogP contribution in [0.4, 0.5) is 0 Å². The third-order valence-corrected chi connectivity index (χ3v) is 1.23. The molecule has 1 aliphatic rings. The fourth-order valence-electron chi connectivity index (χ4n) is 0.443. The topological polar surface area (TPSA) is 21.9 Å². The van der Waals surface area contributed by atoms with E-state index in [2.05, 4.69) is 17.9 Å². The Morgan fingerprint density at radius 1 is 1.83 bits per heavy atom. The number of thiol groups is 1. The Balaban J connectivity index is 1.88. The second-order valence-corrected chi connectivity index (χ2v) is 2.06.